The molecule has 0 saturated carbocycles. The highest BCUT2D eigenvalue weighted by Gasteiger charge is 2.21. The zero-order valence-electron chi connectivity index (χ0n) is 10.8. The first-order valence-electron chi connectivity index (χ1n) is 5.92. The fraction of sp³-hybridized carbons (Fsp3) is 0.167. The molecule has 0 aliphatic carbocycles. The first-order valence-corrected chi connectivity index (χ1v) is 5.92. The van der Waals surface area contributed by atoms with Crippen LogP contribution in [-0.2, 0) is 6.61 Å². The van der Waals surface area contributed by atoms with E-state index in [1.165, 1.54) is 6.92 Å². The molecule has 2 aromatic heterocycles. The van der Waals surface area contributed by atoms with Gasteiger partial charge in [0.15, 0.2) is 11.5 Å². The van der Waals surface area contributed by atoms with Crippen molar-refractivity contribution >= 4 is 21.8 Å². The average Bonchev–Trinajstić information content (AvgIpc) is 2.43. The highest BCUT2D eigenvalue weighted by molar-refractivity contribution is 6.06. The molecule has 0 spiro atoms. The van der Waals surface area contributed by atoms with Crippen LogP contribution in [0.1, 0.15) is 11.6 Å². The summed E-state index contributed by atoms with van der Waals surface area (Å²) in [5.41, 5.74) is -1.88. The topological polar surface area (TPSA) is 152 Å². The van der Waals surface area contributed by atoms with Gasteiger partial charge in [-0.05, 0) is 6.92 Å². The number of aryl methyl sites for hydroxylation is 1. The largest absolute Gasteiger partial charge is 0.505 e. The van der Waals surface area contributed by atoms with Crippen molar-refractivity contribution < 1.29 is 15.3 Å². The molecule has 0 fully saturated rings. The van der Waals surface area contributed by atoms with Crippen LogP contribution in [0.15, 0.2) is 9.59 Å². The number of aromatic nitrogens is 4. The minimum atomic E-state index is -0.751. The van der Waals surface area contributed by atoms with Gasteiger partial charge in [0.1, 0.15) is 40.1 Å². The van der Waals surface area contributed by atoms with E-state index >= 15 is 0 Å². The number of aliphatic hydroxyl groups is 1. The summed E-state index contributed by atoms with van der Waals surface area (Å²) in [6.07, 6.45) is 0. The van der Waals surface area contributed by atoms with E-state index in [1.807, 2.05) is 0 Å². The molecule has 1 aromatic carbocycles. The third kappa shape index (κ3) is 1.75. The van der Waals surface area contributed by atoms with Crippen LogP contribution in [0.3, 0.4) is 0 Å². The fourth-order valence-corrected chi connectivity index (χ4v) is 2.20. The Bertz CT molecular complexity index is 1000. The lowest BCUT2D eigenvalue weighted by atomic mass is 10.1. The van der Waals surface area contributed by atoms with Gasteiger partial charge in [-0.1, -0.05) is 0 Å². The maximum atomic E-state index is 12.0. The number of aromatic hydroxyl groups is 2. The van der Waals surface area contributed by atoms with Crippen molar-refractivity contribution in [3.8, 4) is 11.5 Å². The molecule has 0 amide bonds. The quantitative estimate of drug-likeness (QED) is 0.295. The van der Waals surface area contributed by atoms with Crippen LogP contribution in [0.25, 0.3) is 21.8 Å². The molecule has 9 heteroatoms. The molecule has 2 heterocycles. The van der Waals surface area contributed by atoms with Gasteiger partial charge in [0.25, 0.3) is 11.1 Å². The standard InChI is InChI=1S/C12H10N4O5/c1-3-13-7-5(11(20)14-3)10(19)8-6(9(7)18)12(21)16-4(2-17)15-8/h17-19H,2H2,1H3,(H,13,14,20)(H,15,16,21). The molecule has 3 rings (SSSR count). The summed E-state index contributed by atoms with van der Waals surface area (Å²) in [5, 5.41) is 28.8. The second-order valence-corrected chi connectivity index (χ2v) is 4.47. The number of phenolic OH excluding ortho intramolecular Hbond substituents is 2. The fourth-order valence-electron chi connectivity index (χ4n) is 2.20. The lowest BCUT2D eigenvalue weighted by Crippen LogP contribution is -2.15. The van der Waals surface area contributed by atoms with Gasteiger partial charge in [-0.2, -0.15) is 0 Å². The Balaban J connectivity index is 2.70. The summed E-state index contributed by atoms with van der Waals surface area (Å²) in [4.78, 5) is 36.3. The molecule has 0 saturated heterocycles. The second kappa shape index (κ2) is 4.28. The van der Waals surface area contributed by atoms with E-state index in [0.29, 0.717) is 0 Å². The predicted octanol–water partition coefficient (Wildman–Crippen LogP) is -0.628. The molecule has 0 bridgehead atoms. The third-order valence-electron chi connectivity index (χ3n) is 3.08. The van der Waals surface area contributed by atoms with Crippen LogP contribution >= 0.6 is 0 Å². The maximum absolute atomic E-state index is 12.0. The Hall–Kier alpha value is -2.94. The van der Waals surface area contributed by atoms with E-state index in [0.717, 1.165) is 0 Å². The van der Waals surface area contributed by atoms with Crippen molar-refractivity contribution in [3.63, 3.8) is 0 Å². The number of fused-ring (bicyclic) bond motifs is 2. The first-order chi connectivity index (χ1) is 9.93. The molecule has 0 atom stereocenters. The van der Waals surface area contributed by atoms with Crippen molar-refractivity contribution in [3.05, 3.63) is 32.4 Å². The third-order valence-corrected chi connectivity index (χ3v) is 3.08. The van der Waals surface area contributed by atoms with Crippen LogP contribution in [0.4, 0.5) is 0 Å². The number of aromatic amines is 2. The highest BCUT2D eigenvalue weighted by atomic mass is 16.3. The molecule has 3 aromatic rings. The molecule has 0 aliphatic heterocycles. The van der Waals surface area contributed by atoms with Gasteiger partial charge in [0, 0.05) is 0 Å². The van der Waals surface area contributed by atoms with E-state index in [1.54, 1.807) is 0 Å². The smallest absolute Gasteiger partial charge is 0.262 e. The van der Waals surface area contributed by atoms with E-state index in [9.17, 15) is 19.8 Å². The number of benzene rings is 1. The molecular formula is C12H10N4O5. The van der Waals surface area contributed by atoms with Gasteiger partial charge < -0.3 is 25.3 Å². The van der Waals surface area contributed by atoms with Gasteiger partial charge in [0.2, 0.25) is 0 Å². The lowest BCUT2D eigenvalue weighted by molar-refractivity contribution is 0.271. The van der Waals surface area contributed by atoms with E-state index in [2.05, 4.69) is 19.9 Å². The molecular weight excluding hydrogens is 280 g/mol. The van der Waals surface area contributed by atoms with Crippen LogP contribution in [0, 0.1) is 6.92 Å². The molecule has 0 unspecified atom stereocenters. The SMILES string of the molecule is Cc1nc2c(O)c3c(=O)[nH]c(CO)nc3c(O)c2c(=O)[nH]1. The average molecular weight is 290 g/mol. The number of phenols is 2. The van der Waals surface area contributed by atoms with Crippen molar-refractivity contribution in [1.82, 2.24) is 19.9 Å². The van der Waals surface area contributed by atoms with Crippen LogP contribution < -0.4 is 11.1 Å². The Kier molecular flexibility index (Phi) is 2.66. The second-order valence-electron chi connectivity index (χ2n) is 4.47. The van der Waals surface area contributed by atoms with Gasteiger partial charge >= 0.3 is 0 Å². The molecule has 9 nitrogen and oxygen atoms in total. The Labute approximate surface area is 115 Å². The van der Waals surface area contributed by atoms with E-state index in [4.69, 9.17) is 5.11 Å². The summed E-state index contributed by atoms with van der Waals surface area (Å²) in [5.74, 6) is -1.01. The summed E-state index contributed by atoms with van der Waals surface area (Å²) >= 11 is 0. The van der Waals surface area contributed by atoms with Crippen LogP contribution in [-0.4, -0.2) is 35.3 Å². The monoisotopic (exact) mass is 290 g/mol. The van der Waals surface area contributed by atoms with Crippen molar-refractivity contribution in [2.24, 2.45) is 0 Å². The summed E-state index contributed by atoms with van der Waals surface area (Å²) in [6, 6.07) is 0. The zero-order chi connectivity index (χ0) is 15.3. The highest BCUT2D eigenvalue weighted by Crippen LogP contribution is 2.35. The van der Waals surface area contributed by atoms with Gasteiger partial charge in [-0.3, -0.25) is 9.59 Å². The van der Waals surface area contributed by atoms with Crippen LogP contribution in [0.5, 0.6) is 11.5 Å². The Morgan fingerprint density at radius 3 is 2.05 bits per heavy atom. The minimum Gasteiger partial charge on any atom is -0.505 e. The van der Waals surface area contributed by atoms with Crippen molar-refractivity contribution in [2.45, 2.75) is 13.5 Å². The zero-order valence-corrected chi connectivity index (χ0v) is 10.8. The molecule has 5 N–H and O–H groups in total. The molecule has 108 valence electrons. The lowest BCUT2D eigenvalue weighted by Gasteiger charge is -2.08. The summed E-state index contributed by atoms with van der Waals surface area (Å²) in [6.45, 7) is 0.935. The van der Waals surface area contributed by atoms with Gasteiger partial charge in [0.05, 0.1) is 0 Å². The van der Waals surface area contributed by atoms with Crippen molar-refractivity contribution in [1.29, 1.82) is 0 Å². The molecule has 0 aliphatic rings. The van der Waals surface area contributed by atoms with Gasteiger partial charge in [-0.15, -0.1) is 0 Å². The number of aliphatic hydroxyl groups excluding tert-OH is 1. The van der Waals surface area contributed by atoms with E-state index in [-0.39, 0.29) is 33.5 Å². The Morgan fingerprint density at radius 2 is 1.48 bits per heavy atom. The molecule has 0 radical (unpaired) electrons. The number of nitrogens with zero attached hydrogens (tertiary/aromatic N) is 2. The summed E-state index contributed by atoms with van der Waals surface area (Å²) < 4.78 is 0. The number of hydrogen-bond donors (Lipinski definition) is 5. The number of rotatable bonds is 1. The maximum Gasteiger partial charge on any atom is 0.262 e. The van der Waals surface area contributed by atoms with Crippen molar-refractivity contribution in [2.75, 3.05) is 0 Å². The predicted molar refractivity (Wildman–Crippen MR) is 72.3 cm³/mol. The van der Waals surface area contributed by atoms with Gasteiger partial charge in [-0.25, -0.2) is 9.97 Å². The summed E-state index contributed by atoms with van der Waals surface area (Å²) in [7, 11) is 0. The van der Waals surface area contributed by atoms with E-state index < -0.39 is 29.2 Å². The normalized spacial score (nSPS) is 11.3. The Morgan fingerprint density at radius 1 is 0.952 bits per heavy atom. The first kappa shape index (κ1) is 13.1. The molecule has 21 heavy (non-hydrogen) atoms. The van der Waals surface area contributed by atoms with Crippen LogP contribution in [0.2, 0.25) is 0 Å². The number of H-pyrrole nitrogens is 2. The number of nitrogens with one attached hydrogen (secondary N) is 2. The minimum absolute atomic E-state index is 0.0990. The number of hydrogen-bond acceptors (Lipinski definition) is 7.